The van der Waals surface area contributed by atoms with Gasteiger partial charge in [-0.15, -0.1) is 0 Å². The molecule has 2 amide bonds. The largest absolute Gasteiger partial charge is 0.450 e. The molecule has 3 fully saturated rings. The Hall–Kier alpha value is -3.88. The molecule has 1 aliphatic heterocycles. The fourth-order valence-corrected chi connectivity index (χ4v) is 8.19. The number of carbonyl (C=O) groups excluding carboxylic acids is 4. The van der Waals surface area contributed by atoms with Crippen LogP contribution in [0, 0.1) is 30.6 Å². The van der Waals surface area contributed by atoms with Crippen LogP contribution < -0.4 is 4.90 Å². The van der Waals surface area contributed by atoms with Gasteiger partial charge in [-0.1, -0.05) is 61.0 Å². The second-order valence-corrected chi connectivity index (χ2v) is 13.5. The summed E-state index contributed by atoms with van der Waals surface area (Å²) >= 11 is 10.1. The summed E-state index contributed by atoms with van der Waals surface area (Å²) in [6.07, 6.45) is 2.37. The number of esters is 1. The summed E-state index contributed by atoms with van der Waals surface area (Å²) in [6.45, 7) is 3.62. The normalized spacial score (nSPS) is 22.6. The Bertz CT molecular complexity index is 1870. The van der Waals surface area contributed by atoms with E-state index in [-0.39, 0.29) is 35.0 Å². The van der Waals surface area contributed by atoms with Crippen LogP contribution in [-0.4, -0.2) is 34.7 Å². The molecule has 2 bridgehead atoms. The van der Waals surface area contributed by atoms with Crippen LogP contribution in [0.5, 0.6) is 0 Å². The van der Waals surface area contributed by atoms with E-state index in [1.165, 1.54) is 4.90 Å². The number of imide groups is 1. The molecule has 1 saturated heterocycles. The number of ether oxygens (including phenoxy) is 1. The number of anilines is 1. The fourth-order valence-electron chi connectivity index (χ4n) is 7.52. The number of aromatic nitrogens is 1. The highest BCUT2D eigenvalue weighted by molar-refractivity contribution is 9.10. The zero-order chi connectivity index (χ0) is 31.6. The van der Waals surface area contributed by atoms with Crippen molar-refractivity contribution in [1.82, 2.24) is 4.98 Å². The second-order valence-electron chi connectivity index (χ2n) is 12.2. The number of fused-ring (bicyclic) bond motifs is 6. The van der Waals surface area contributed by atoms with Gasteiger partial charge < -0.3 is 4.74 Å². The number of benzene rings is 3. The van der Waals surface area contributed by atoms with E-state index in [0.717, 1.165) is 19.3 Å². The molecular weight excluding hydrogens is 656 g/mol. The second kappa shape index (κ2) is 11.5. The van der Waals surface area contributed by atoms with Gasteiger partial charge in [0.05, 0.1) is 39.3 Å². The number of amides is 2. The molecule has 5 unspecified atom stereocenters. The highest BCUT2D eigenvalue weighted by Crippen LogP contribution is 2.56. The first-order valence-electron chi connectivity index (χ1n) is 15.3. The van der Waals surface area contributed by atoms with Gasteiger partial charge in [0.1, 0.15) is 0 Å². The minimum absolute atomic E-state index is 0.0924. The van der Waals surface area contributed by atoms with Gasteiger partial charge in [-0.05, 0) is 90.2 Å². The van der Waals surface area contributed by atoms with Crippen molar-refractivity contribution in [2.45, 2.75) is 45.6 Å². The summed E-state index contributed by atoms with van der Waals surface area (Å²) in [5.74, 6) is -0.880. The predicted molar refractivity (Wildman–Crippen MR) is 175 cm³/mol. The van der Waals surface area contributed by atoms with Gasteiger partial charge >= 0.3 is 5.97 Å². The molecule has 5 atom stereocenters. The van der Waals surface area contributed by atoms with E-state index in [2.05, 4.69) is 15.9 Å². The number of aryl methyl sites for hydroxylation is 1. The highest BCUT2D eigenvalue weighted by atomic mass is 79.9. The first-order chi connectivity index (χ1) is 21.7. The Balaban J connectivity index is 1.24. The summed E-state index contributed by atoms with van der Waals surface area (Å²) in [6, 6.07) is 19.2. The van der Waals surface area contributed by atoms with Crippen LogP contribution in [-0.2, 0) is 14.3 Å². The maximum absolute atomic E-state index is 13.8. The lowest BCUT2D eigenvalue weighted by Crippen LogP contribution is -2.32. The average molecular weight is 686 g/mol. The number of Topliss-reactive ketones (excluding diaryl/α,β-unsaturated/α-hetero) is 1. The topological polar surface area (TPSA) is 93.6 Å². The summed E-state index contributed by atoms with van der Waals surface area (Å²) in [5.41, 5.74) is 3.61. The van der Waals surface area contributed by atoms with E-state index in [9.17, 15) is 19.2 Å². The average Bonchev–Trinajstić information content (AvgIpc) is 3.75. The van der Waals surface area contributed by atoms with Crippen molar-refractivity contribution in [3.63, 3.8) is 0 Å². The number of halogens is 2. The number of hydrogen-bond donors (Lipinski definition) is 0. The molecule has 0 N–H and O–H groups in total. The SMILES string of the molecule is CCC(OC(=O)c1cc(-c2ccc(N3C(=O)C4C5CCC(C5)C4C3=O)cc2)nc2c(C)c(Cl)c(Br)cc12)C(=O)c1ccccc1. The Morgan fingerprint density at radius 1 is 1.00 bits per heavy atom. The molecule has 1 aromatic heterocycles. The van der Waals surface area contributed by atoms with Crippen molar-refractivity contribution >= 4 is 67.7 Å². The molecule has 7 nitrogen and oxygen atoms in total. The Morgan fingerprint density at radius 2 is 1.64 bits per heavy atom. The lowest BCUT2D eigenvalue weighted by atomic mass is 9.81. The molecule has 9 heteroatoms. The fraction of sp³-hybridized carbons (Fsp3) is 0.306. The van der Waals surface area contributed by atoms with E-state index in [0.29, 0.717) is 66.7 Å². The minimum atomic E-state index is -0.965. The van der Waals surface area contributed by atoms with Crippen LogP contribution in [0.3, 0.4) is 0 Å². The molecule has 2 saturated carbocycles. The highest BCUT2D eigenvalue weighted by Gasteiger charge is 2.61. The molecule has 2 aliphatic carbocycles. The molecule has 3 aliphatic rings. The lowest BCUT2D eigenvalue weighted by Gasteiger charge is -2.19. The number of hydrogen-bond acceptors (Lipinski definition) is 6. The molecule has 228 valence electrons. The van der Waals surface area contributed by atoms with Crippen molar-refractivity contribution in [3.05, 3.63) is 92.9 Å². The molecular formula is C36H30BrClN2O5. The molecule has 2 heterocycles. The summed E-state index contributed by atoms with van der Waals surface area (Å²) in [4.78, 5) is 59.9. The van der Waals surface area contributed by atoms with E-state index in [1.807, 2.05) is 13.0 Å². The van der Waals surface area contributed by atoms with Gasteiger partial charge in [-0.25, -0.2) is 9.78 Å². The van der Waals surface area contributed by atoms with Crippen LogP contribution in [0.4, 0.5) is 5.69 Å². The molecule has 0 spiro atoms. The Labute approximate surface area is 274 Å². The Kier molecular flexibility index (Phi) is 7.61. The number of carbonyl (C=O) groups is 4. The molecule has 7 rings (SSSR count). The monoisotopic (exact) mass is 684 g/mol. The van der Waals surface area contributed by atoms with Gasteiger partial charge in [0.25, 0.3) is 0 Å². The zero-order valence-corrected chi connectivity index (χ0v) is 27.1. The van der Waals surface area contributed by atoms with Gasteiger partial charge in [-0.2, -0.15) is 0 Å². The number of rotatable bonds is 7. The van der Waals surface area contributed by atoms with E-state index in [4.69, 9.17) is 21.3 Å². The maximum atomic E-state index is 13.8. The van der Waals surface area contributed by atoms with Gasteiger partial charge in [0, 0.05) is 21.0 Å². The van der Waals surface area contributed by atoms with Crippen LogP contribution in [0.15, 0.2) is 71.2 Å². The standard InChI is InChI=1S/C36H30BrClN2O5/c1-3-28(33(41)20-7-5-4-6-8-20)45-36(44)25-17-27(39-32-18(2)31(38)26(37)16-24(25)32)19-11-13-23(14-12-19)40-34(42)29-21-9-10-22(15-21)30(29)35(40)43/h4-8,11-14,16-17,21-22,28-30H,3,9-10,15H2,1-2H3. The van der Waals surface area contributed by atoms with Crippen molar-refractivity contribution < 1.29 is 23.9 Å². The lowest BCUT2D eigenvalue weighted by molar-refractivity contribution is -0.123. The van der Waals surface area contributed by atoms with Crippen LogP contribution in [0.2, 0.25) is 5.02 Å². The van der Waals surface area contributed by atoms with E-state index < -0.39 is 12.1 Å². The number of ketones is 1. The third-order valence-corrected chi connectivity index (χ3v) is 11.1. The maximum Gasteiger partial charge on any atom is 0.339 e. The molecule has 4 aromatic rings. The summed E-state index contributed by atoms with van der Waals surface area (Å²) in [5, 5.41) is 1.00. The van der Waals surface area contributed by atoms with Gasteiger partial charge in [0.15, 0.2) is 6.10 Å². The summed E-state index contributed by atoms with van der Waals surface area (Å²) in [7, 11) is 0. The third-order valence-electron chi connectivity index (χ3n) is 9.76. The third kappa shape index (κ3) is 4.90. The molecule has 0 radical (unpaired) electrons. The van der Waals surface area contributed by atoms with Crippen LogP contribution in [0.1, 0.15) is 58.9 Å². The minimum Gasteiger partial charge on any atom is -0.450 e. The number of pyridine rings is 1. The van der Waals surface area contributed by atoms with Crippen LogP contribution in [0.25, 0.3) is 22.2 Å². The first kappa shape index (κ1) is 29.8. The van der Waals surface area contributed by atoms with Gasteiger partial charge in [0.2, 0.25) is 17.6 Å². The molecule has 45 heavy (non-hydrogen) atoms. The summed E-state index contributed by atoms with van der Waals surface area (Å²) < 4.78 is 6.44. The smallest absolute Gasteiger partial charge is 0.339 e. The van der Waals surface area contributed by atoms with E-state index in [1.54, 1.807) is 67.6 Å². The van der Waals surface area contributed by atoms with Crippen molar-refractivity contribution in [2.24, 2.45) is 23.7 Å². The van der Waals surface area contributed by atoms with Crippen LogP contribution >= 0.6 is 27.5 Å². The van der Waals surface area contributed by atoms with Crippen molar-refractivity contribution in [2.75, 3.05) is 4.90 Å². The molecule has 3 aromatic carbocycles. The van der Waals surface area contributed by atoms with Crippen molar-refractivity contribution in [1.29, 1.82) is 0 Å². The van der Waals surface area contributed by atoms with E-state index >= 15 is 0 Å². The predicted octanol–water partition coefficient (Wildman–Crippen LogP) is 7.98. The number of nitrogens with zero attached hydrogens (tertiary/aromatic N) is 2. The van der Waals surface area contributed by atoms with Crippen molar-refractivity contribution in [3.8, 4) is 11.3 Å². The first-order valence-corrected chi connectivity index (χ1v) is 16.4. The quantitative estimate of drug-likeness (QED) is 0.111. The van der Waals surface area contributed by atoms with Gasteiger partial charge in [-0.3, -0.25) is 19.3 Å². The zero-order valence-electron chi connectivity index (χ0n) is 24.8. The Morgan fingerprint density at radius 3 is 2.27 bits per heavy atom.